The summed E-state index contributed by atoms with van der Waals surface area (Å²) in [6, 6.07) is 50.2. The lowest BCUT2D eigenvalue weighted by molar-refractivity contribution is -0.298. The minimum Gasteiger partial charge on any atom is -0.496 e. The number of aromatic amines is 1. The summed E-state index contributed by atoms with van der Waals surface area (Å²) in [6.07, 6.45) is 2.23. The lowest BCUT2D eigenvalue weighted by Gasteiger charge is -2.10. The van der Waals surface area contributed by atoms with E-state index < -0.39 is 0 Å². The molecule has 0 spiro atoms. The smallest absolute Gasteiger partial charge is 0.496 e. The summed E-state index contributed by atoms with van der Waals surface area (Å²) in [4.78, 5) is 3.83. The van der Waals surface area contributed by atoms with E-state index in [0.717, 1.165) is 73.1 Å². The highest BCUT2D eigenvalue weighted by Crippen LogP contribution is 2.42. The third-order valence-electron chi connectivity index (χ3n) is 8.38. The van der Waals surface area contributed by atoms with Gasteiger partial charge in [0.2, 0.25) is 0 Å². The number of hydrogen-bond donors (Lipinski definition) is 1. The van der Waals surface area contributed by atoms with Crippen LogP contribution < -0.4 is 4.74 Å². The van der Waals surface area contributed by atoms with Crippen LogP contribution in [0.3, 0.4) is 0 Å². The number of H-pyrrole nitrogens is 1. The minimum atomic E-state index is 0.817. The summed E-state index contributed by atoms with van der Waals surface area (Å²) < 4.78 is 7.68. The quantitative estimate of drug-likeness (QED) is 0.188. The zero-order valence-electron chi connectivity index (χ0n) is 25.4. The average molecular weight is 580 g/mol. The van der Waals surface area contributed by atoms with Gasteiger partial charge in [-0.2, -0.15) is 0 Å². The Hall–Kier alpha value is -5.61. The number of allylic oxidation sites excluding steroid dienone is 2. The Morgan fingerprint density at radius 3 is 1.89 bits per heavy atom. The van der Waals surface area contributed by atoms with E-state index in [-0.39, 0.29) is 0 Å². The van der Waals surface area contributed by atoms with Crippen LogP contribution >= 0.6 is 0 Å². The lowest BCUT2D eigenvalue weighted by atomic mass is 9.93. The topological polar surface area (TPSA) is 28.0 Å². The van der Waals surface area contributed by atoms with Gasteiger partial charge in [0.25, 0.3) is 0 Å². The van der Waals surface area contributed by atoms with Crippen LogP contribution in [0, 0.1) is 6.92 Å². The number of aromatic nitrogens is 1. The van der Waals surface area contributed by atoms with Gasteiger partial charge in [-0.05, 0) is 53.4 Å². The Morgan fingerprint density at radius 2 is 1.22 bits per heavy atom. The maximum Gasteiger partial charge on any atom is 0.587 e. The maximum absolute atomic E-state index is 7.17. The molecule has 1 N–H and O–H groups in total. The SMILES string of the molecule is [B][N+]1=C(c2ccccc2)C(c2ccccc2C)=C/C1=C(\c1ccccc1)c1cc(-c2ccccc2OC)c(-c2ccccc2)[nH]1. The highest BCUT2D eigenvalue weighted by Gasteiger charge is 2.34. The molecule has 0 aliphatic carbocycles. The summed E-state index contributed by atoms with van der Waals surface area (Å²) in [5.74, 6) is 0.817. The zero-order chi connectivity index (χ0) is 30.8. The molecule has 0 bridgehead atoms. The van der Waals surface area contributed by atoms with Crippen molar-refractivity contribution >= 4 is 24.8 Å². The molecule has 7 rings (SSSR count). The van der Waals surface area contributed by atoms with Crippen molar-refractivity contribution in [2.45, 2.75) is 6.92 Å². The number of benzene rings is 5. The number of nitrogens with zero attached hydrogens (tertiary/aromatic N) is 1. The normalized spacial score (nSPS) is 14.0. The van der Waals surface area contributed by atoms with E-state index in [1.165, 1.54) is 5.56 Å². The van der Waals surface area contributed by atoms with Crippen LogP contribution in [0.2, 0.25) is 0 Å². The molecule has 5 aromatic carbocycles. The van der Waals surface area contributed by atoms with Crippen molar-refractivity contribution in [3.63, 3.8) is 0 Å². The van der Waals surface area contributed by atoms with Crippen molar-refractivity contribution in [1.82, 2.24) is 4.98 Å². The molecule has 1 aliphatic heterocycles. The Bertz CT molecular complexity index is 2090. The van der Waals surface area contributed by atoms with Crippen molar-refractivity contribution in [3.8, 4) is 28.1 Å². The molecule has 214 valence electrons. The first kappa shape index (κ1) is 28.2. The van der Waals surface area contributed by atoms with E-state index in [1.54, 1.807) is 7.11 Å². The van der Waals surface area contributed by atoms with Crippen molar-refractivity contribution < 1.29 is 9.22 Å². The van der Waals surface area contributed by atoms with Crippen LogP contribution in [0.1, 0.15) is 27.9 Å². The Balaban J connectivity index is 1.55. The van der Waals surface area contributed by atoms with Gasteiger partial charge in [-0.15, -0.1) is 0 Å². The molecular weight excluding hydrogens is 547 g/mol. The third-order valence-corrected chi connectivity index (χ3v) is 8.38. The van der Waals surface area contributed by atoms with Crippen molar-refractivity contribution in [3.05, 3.63) is 185 Å². The Morgan fingerprint density at radius 1 is 0.644 bits per heavy atom. The molecular formula is C41H32BN2O+. The number of aryl methyl sites for hydroxylation is 1. The molecule has 0 saturated carbocycles. The van der Waals surface area contributed by atoms with Gasteiger partial charge in [-0.1, -0.05) is 121 Å². The highest BCUT2D eigenvalue weighted by molar-refractivity contribution is 6.34. The summed E-state index contributed by atoms with van der Waals surface area (Å²) in [5, 5.41) is 0. The van der Waals surface area contributed by atoms with Crippen LogP contribution in [-0.2, 0) is 0 Å². The van der Waals surface area contributed by atoms with E-state index in [1.807, 2.05) is 40.9 Å². The minimum absolute atomic E-state index is 0.817. The molecule has 1 aromatic heterocycles. The first-order valence-corrected chi connectivity index (χ1v) is 15.1. The van der Waals surface area contributed by atoms with Gasteiger partial charge in [0.15, 0.2) is 11.4 Å². The van der Waals surface area contributed by atoms with Crippen molar-refractivity contribution in [1.29, 1.82) is 0 Å². The molecule has 1 aliphatic rings. The summed E-state index contributed by atoms with van der Waals surface area (Å²) in [7, 11) is 8.89. The zero-order valence-corrected chi connectivity index (χ0v) is 25.4. The number of hydrogen-bond acceptors (Lipinski definition) is 1. The largest absolute Gasteiger partial charge is 0.587 e. The predicted molar refractivity (Wildman–Crippen MR) is 186 cm³/mol. The van der Waals surface area contributed by atoms with Crippen LogP contribution in [0.15, 0.2) is 157 Å². The summed E-state index contributed by atoms with van der Waals surface area (Å²) in [6.45, 7) is 2.15. The fraction of sp³-hybridized carbons (Fsp3) is 0.0488. The van der Waals surface area contributed by atoms with Gasteiger partial charge < -0.3 is 9.72 Å². The molecule has 6 aromatic rings. The van der Waals surface area contributed by atoms with E-state index in [4.69, 9.17) is 12.7 Å². The maximum atomic E-state index is 7.17. The van der Waals surface area contributed by atoms with Crippen LogP contribution in [0.25, 0.3) is 33.5 Å². The van der Waals surface area contributed by atoms with Gasteiger partial charge in [-0.3, -0.25) is 4.49 Å². The molecule has 2 heterocycles. The van der Waals surface area contributed by atoms with Gasteiger partial charge in [0, 0.05) is 22.8 Å². The van der Waals surface area contributed by atoms with Crippen LogP contribution in [-0.4, -0.2) is 30.3 Å². The molecule has 0 fully saturated rings. The second-order valence-corrected chi connectivity index (χ2v) is 11.1. The van der Waals surface area contributed by atoms with Crippen LogP contribution in [0.5, 0.6) is 5.75 Å². The first-order chi connectivity index (χ1) is 22.1. The first-order valence-electron chi connectivity index (χ1n) is 15.1. The molecule has 2 radical (unpaired) electrons. The second kappa shape index (κ2) is 12.2. The van der Waals surface area contributed by atoms with Gasteiger partial charge in [-0.25, -0.2) is 0 Å². The molecule has 0 saturated heterocycles. The number of rotatable bonds is 7. The monoisotopic (exact) mass is 579 g/mol. The Kier molecular flexibility index (Phi) is 7.63. The number of para-hydroxylation sites is 1. The Labute approximate surface area is 265 Å². The molecule has 45 heavy (non-hydrogen) atoms. The molecule has 0 atom stereocenters. The van der Waals surface area contributed by atoms with Gasteiger partial charge >= 0.3 is 7.98 Å². The van der Waals surface area contributed by atoms with E-state index in [0.29, 0.717) is 0 Å². The van der Waals surface area contributed by atoms with E-state index >= 15 is 0 Å². The van der Waals surface area contributed by atoms with Gasteiger partial charge in [0.05, 0.1) is 29.6 Å². The number of nitrogens with one attached hydrogen (secondary N) is 1. The fourth-order valence-corrected chi connectivity index (χ4v) is 6.24. The molecule has 3 nitrogen and oxygen atoms in total. The number of methoxy groups -OCH3 is 1. The van der Waals surface area contributed by atoms with Crippen molar-refractivity contribution in [2.24, 2.45) is 0 Å². The lowest BCUT2D eigenvalue weighted by Crippen LogP contribution is -2.16. The van der Waals surface area contributed by atoms with Crippen molar-refractivity contribution in [2.75, 3.05) is 7.11 Å². The van der Waals surface area contributed by atoms with E-state index in [2.05, 4.69) is 127 Å². The van der Waals surface area contributed by atoms with Crippen LogP contribution in [0.4, 0.5) is 0 Å². The predicted octanol–water partition coefficient (Wildman–Crippen LogP) is 9.11. The standard InChI is InChI=1S/C41H32BN2O/c1-28-16-12-13-23-32(28)35-27-37(44(42)41(35)31-21-10-5-11-22-31)39(29-17-6-3-7-18-29)36-26-34(33-24-14-15-25-38(33)45-2)40(43-36)30-19-8-4-9-20-30/h3-27,43H,1-2H3/q+1. The molecule has 0 unspecified atom stereocenters. The highest BCUT2D eigenvalue weighted by atomic mass is 16.5. The van der Waals surface area contributed by atoms with Gasteiger partial charge in [0.1, 0.15) is 5.75 Å². The average Bonchev–Trinajstić information content (AvgIpc) is 3.68. The summed E-state index contributed by atoms with van der Waals surface area (Å²) >= 11 is 0. The van der Waals surface area contributed by atoms with E-state index in [9.17, 15) is 0 Å². The summed E-state index contributed by atoms with van der Waals surface area (Å²) in [5.41, 5.74) is 13.6. The fourth-order valence-electron chi connectivity index (χ4n) is 6.24. The molecule has 4 heteroatoms. The third kappa shape index (κ3) is 5.25. The molecule has 0 amide bonds. The second-order valence-electron chi connectivity index (χ2n) is 11.1. The number of ether oxygens (including phenoxy) is 1.